The molecule has 2 atom stereocenters. The quantitative estimate of drug-likeness (QED) is 0.790. The molecule has 1 unspecified atom stereocenters. The fourth-order valence-electron chi connectivity index (χ4n) is 3.65. The maximum absolute atomic E-state index is 13.3. The molecule has 0 saturated carbocycles. The van der Waals surface area contributed by atoms with Crippen molar-refractivity contribution in [2.24, 2.45) is 5.73 Å². The number of piperazine rings is 1. The number of hydrogen-bond acceptors (Lipinski definition) is 3. The molecule has 0 radical (unpaired) electrons. The Labute approximate surface area is 169 Å². The molecule has 1 aromatic heterocycles. The normalized spacial score (nSPS) is 20.9. The lowest BCUT2D eigenvalue weighted by Crippen LogP contribution is -2.68. The third-order valence-corrected chi connectivity index (χ3v) is 5.28. The topological polar surface area (TPSA) is 88.3 Å². The van der Waals surface area contributed by atoms with Crippen molar-refractivity contribution < 1.29 is 22.8 Å². The van der Waals surface area contributed by atoms with E-state index in [1.165, 1.54) is 19.1 Å². The molecule has 0 spiro atoms. The van der Waals surface area contributed by atoms with E-state index in [2.05, 4.69) is 10.3 Å². The molecule has 6 nitrogen and oxygen atoms in total. The van der Waals surface area contributed by atoms with Gasteiger partial charge in [0.05, 0.1) is 11.6 Å². The van der Waals surface area contributed by atoms with Crippen LogP contribution in [-0.2, 0) is 11.0 Å². The maximum atomic E-state index is 13.3. The number of carbonyl (C=O) groups is 2. The van der Waals surface area contributed by atoms with E-state index in [0.717, 1.165) is 11.0 Å². The van der Waals surface area contributed by atoms with Crippen molar-refractivity contribution >= 4 is 23.5 Å². The van der Waals surface area contributed by atoms with Crippen LogP contribution in [0.4, 0.5) is 18.0 Å². The van der Waals surface area contributed by atoms with Gasteiger partial charge in [-0.05, 0) is 36.8 Å². The molecule has 29 heavy (non-hydrogen) atoms. The zero-order chi connectivity index (χ0) is 21.4. The zero-order valence-corrected chi connectivity index (χ0v) is 16.1. The van der Waals surface area contributed by atoms with Crippen molar-refractivity contribution in [3.05, 3.63) is 64.4 Å². The van der Waals surface area contributed by atoms with Gasteiger partial charge in [-0.2, -0.15) is 13.2 Å². The summed E-state index contributed by atoms with van der Waals surface area (Å²) in [4.78, 5) is 30.0. The molecule has 3 N–H and O–H groups in total. The van der Waals surface area contributed by atoms with Crippen LogP contribution in [0.3, 0.4) is 0 Å². The average molecular weight is 427 g/mol. The fraction of sp³-hybridized carbons (Fsp3) is 0.316. The summed E-state index contributed by atoms with van der Waals surface area (Å²) in [5.41, 5.74) is 3.25. The van der Waals surface area contributed by atoms with Crippen molar-refractivity contribution in [3.8, 4) is 0 Å². The van der Waals surface area contributed by atoms with Gasteiger partial charge in [-0.3, -0.25) is 4.79 Å². The Bertz CT molecular complexity index is 936. The summed E-state index contributed by atoms with van der Waals surface area (Å²) in [6.45, 7) is 1.76. The van der Waals surface area contributed by atoms with Gasteiger partial charge in [0, 0.05) is 18.1 Å². The SMILES string of the molecule is CC1([C@H](c2ccc(Cl)cc2)c2cccc(C(F)(F)F)n2)C(=O)NCCN1C(N)=O. The highest BCUT2D eigenvalue weighted by molar-refractivity contribution is 6.30. The molecule has 10 heteroatoms. The maximum Gasteiger partial charge on any atom is 0.433 e. The van der Waals surface area contributed by atoms with Gasteiger partial charge in [0.15, 0.2) is 0 Å². The smallest absolute Gasteiger partial charge is 0.352 e. The molecular formula is C19H18ClF3N4O2. The standard InChI is InChI=1S/C19H18ClF3N4O2/c1-18(16(28)25-9-10-27(18)17(24)29)15(11-5-7-12(20)8-6-11)13-3-2-4-14(26-13)19(21,22)23/h2-8,15H,9-10H2,1H3,(H2,24,29)(H,25,28)/t15-,18?/m1/s1. The van der Waals surface area contributed by atoms with E-state index in [1.807, 2.05) is 0 Å². The summed E-state index contributed by atoms with van der Waals surface area (Å²) in [6, 6.07) is 8.87. The van der Waals surface area contributed by atoms with Crippen LogP contribution < -0.4 is 11.1 Å². The minimum Gasteiger partial charge on any atom is -0.352 e. The van der Waals surface area contributed by atoms with Crippen molar-refractivity contribution in [3.63, 3.8) is 0 Å². The zero-order valence-electron chi connectivity index (χ0n) is 15.3. The van der Waals surface area contributed by atoms with E-state index in [1.54, 1.807) is 24.3 Å². The van der Waals surface area contributed by atoms with E-state index >= 15 is 0 Å². The predicted octanol–water partition coefficient (Wildman–Crippen LogP) is 3.15. The van der Waals surface area contributed by atoms with Crippen molar-refractivity contribution in [1.82, 2.24) is 15.2 Å². The number of primary amides is 1. The van der Waals surface area contributed by atoms with E-state index in [-0.39, 0.29) is 18.8 Å². The Morgan fingerprint density at radius 1 is 1.28 bits per heavy atom. The molecular weight excluding hydrogens is 409 g/mol. The second-order valence-electron chi connectivity index (χ2n) is 6.82. The molecule has 3 amide bonds. The number of nitrogens with two attached hydrogens (primary N) is 1. The molecule has 1 aromatic carbocycles. The highest BCUT2D eigenvalue weighted by Gasteiger charge is 2.52. The Balaban J connectivity index is 2.25. The molecule has 2 aromatic rings. The fourth-order valence-corrected chi connectivity index (χ4v) is 3.78. The number of benzene rings is 1. The largest absolute Gasteiger partial charge is 0.433 e. The summed E-state index contributed by atoms with van der Waals surface area (Å²) in [5.74, 6) is -1.56. The Morgan fingerprint density at radius 3 is 2.52 bits per heavy atom. The number of nitrogens with zero attached hydrogens (tertiary/aromatic N) is 2. The molecule has 154 valence electrons. The Morgan fingerprint density at radius 2 is 1.93 bits per heavy atom. The number of carbonyl (C=O) groups excluding carboxylic acids is 2. The first-order valence-electron chi connectivity index (χ1n) is 8.70. The number of hydrogen-bond donors (Lipinski definition) is 2. The van der Waals surface area contributed by atoms with E-state index in [0.29, 0.717) is 10.6 Å². The molecule has 0 aliphatic carbocycles. The third kappa shape index (κ3) is 3.87. The number of aromatic nitrogens is 1. The van der Waals surface area contributed by atoms with Crippen LogP contribution >= 0.6 is 11.6 Å². The summed E-state index contributed by atoms with van der Waals surface area (Å²) in [7, 11) is 0. The highest BCUT2D eigenvalue weighted by atomic mass is 35.5. The van der Waals surface area contributed by atoms with E-state index < -0.39 is 35.3 Å². The van der Waals surface area contributed by atoms with Gasteiger partial charge >= 0.3 is 12.2 Å². The van der Waals surface area contributed by atoms with Gasteiger partial charge in [0.25, 0.3) is 0 Å². The van der Waals surface area contributed by atoms with Crippen LogP contribution in [0.1, 0.15) is 29.8 Å². The first-order valence-corrected chi connectivity index (χ1v) is 9.08. The van der Waals surface area contributed by atoms with Crippen LogP contribution in [0.2, 0.25) is 5.02 Å². The second-order valence-corrected chi connectivity index (χ2v) is 7.26. The summed E-state index contributed by atoms with van der Waals surface area (Å²) < 4.78 is 39.8. The lowest BCUT2D eigenvalue weighted by atomic mass is 9.75. The van der Waals surface area contributed by atoms with Crippen LogP contribution in [0.25, 0.3) is 0 Å². The van der Waals surface area contributed by atoms with Crippen LogP contribution in [0.15, 0.2) is 42.5 Å². The molecule has 1 aliphatic rings. The number of urea groups is 1. The predicted molar refractivity (Wildman–Crippen MR) is 100 cm³/mol. The summed E-state index contributed by atoms with van der Waals surface area (Å²) >= 11 is 5.95. The van der Waals surface area contributed by atoms with Crippen LogP contribution in [0.5, 0.6) is 0 Å². The van der Waals surface area contributed by atoms with Gasteiger partial charge in [0.1, 0.15) is 11.2 Å². The van der Waals surface area contributed by atoms with E-state index in [4.69, 9.17) is 17.3 Å². The van der Waals surface area contributed by atoms with Crippen molar-refractivity contribution in [1.29, 1.82) is 0 Å². The first kappa shape index (κ1) is 20.9. The summed E-state index contributed by atoms with van der Waals surface area (Å²) in [5, 5.41) is 3.08. The summed E-state index contributed by atoms with van der Waals surface area (Å²) in [6.07, 6.45) is -4.67. The molecule has 1 fully saturated rings. The number of alkyl halides is 3. The van der Waals surface area contributed by atoms with Crippen molar-refractivity contribution in [2.45, 2.75) is 24.6 Å². The molecule has 2 heterocycles. The molecule has 0 bridgehead atoms. The van der Waals surface area contributed by atoms with Gasteiger partial charge in [0.2, 0.25) is 5.91 Å². The van der Waals surface area contributed by atoms with Crippen LogP contribution in [-0.4, -0.2) is 40.5 Å². The number of halogens is 4. The number of nitrogens with one attached hydrogen (secondary N) is 1. The van der Waals surface area contributed by atoms with Crippen molar-refractivity contribution in [2.75, 3.05) is 13.1 Å². The minimum absolute atomic E-state index is 0.0204. The third-order valence-electron chi connectivity index (χ3n) is 5.03. The monoisotopic (exact) mass is 426 g/mol. The highest BCUT2D eigenvalue weighted by Crippen LogP contribution is 2.41. The van der Waals surface area contributed by atoms with E-state index in [9.17, 15) is 22.8 Å². The minimum atomic E-state index is -4.67. The molecule has 1 saturated heterocycles. The van der Waals surface area contributed by atoms with Crippen LogP contribution in [0, 0.1) is 0 Å². The molecule has 3 rings (SSSR count). The van der Waals surface area contributed by atoms with Gasteiger partial charge in [-0.1, -0.05) is 29.8 Å². The lowest BCUT2D eigenvalue weighted by molar-refractivity contribution is -0.141. The average Bonchev–Trinajstić information content (AvgIpc) is 2.65. The lowest BCUT2D eigenvalue weighted by Gasteiger charge is -2.47. The Kier molecular flexibility index (Phi) is 5.44. The first-order chi connectivity index (χ1) is 13.5. The second kappa shape index (κ2) is 7.55. The number of amides is 3. The van der Waals surface area contributed by atoms with Gasteiger partial charge < -0.3 is 16.0 Å². The molecule has 1 aliphatic heterocycles. The Hall–Kier alpha value is -2.81. The van der Waals surface area contributed by atoms with Gasteiger partial charge in [-0.15, -0.1) is 0 Å². The van der Waals surface area contributed by atoms with Gasteiger partial charge in [-0.25, -0.2) is 9.78 Å². The number of rotatable bonds is 3. The number of pyridine rings is 1.